The number of hydrogen-bond donors (Lipinski definition) is 2. The molecule has 1 aromatic heterocycles. The van der Waals surface area contributed by atoms with Crippen molar-refractivity contribution in [3.8, 4) is 0 Å². The molecule has 0 radical (unpaired) electrons. The van der Waals surface area contributed by atoms with Gasteiger partial charge >= 0.3 is 5.97 Å². The Morgan fingerprint density at radius 3 is 2.32 bits per heavy atom. The molecule has 7 rings (SSSR count). The number of halogens is 1. The molecule has 0 spiro atoms. The quantitative estimate of drug-likeness (QED) is 0.515. The first-order valence-corrected chi connectivity index (χ1v) is 14.3. The summed E-state index contributed by atoms with van der Waals surface area (Å²) >= 11 is 6.54. The van der Waals surface area contributed by atoms with Gasteiger partial charge in [0.15, 0.2) is 0 Å². The maximum atomic E-state index is 13.3. The number of piperazine rings is 1. The zero-order valence-corrected chi connectivity index (χ0v) is 22.2. The number of carboxylic acids is 1. The Balaban J connectivity index is 1.10. The number of rotatable bonds is 8. The monoisotopic (exact) mass is 524 g/mol. The summed E-state index contributed by atoms with van der Waals surface area (Å²) < 4.78 is 0. The zero-order valence-electron chi connectivity index (χ0n) is 21.4. The summed E-state index contributed by atoms with van der Waals surface area (Å²) in [6.07, 6.45) is 9.61. The van der Waals surface area contributed by atoms with Crippen molar-refractivity contribution >= 4 is 40.2 Å². The van der Waals surface area contributed by atoms with Gasteiger partial charge in [0.05, 0.1) is 22.5 Å². The van der Waals surface area contributed by atoms with Crippen LogP contribution in [-0.2, 0) is 4.79 Å². The van der Waals surface area contributed by atoms with Crippen molar-refractivity contribution in [1.29, 1.82) is 0 Å². The highest BCUT2D eigenvalue weighted by molar-refractivity contribution is 6.35. The topological polar surface area (TPSA) is 85.8 Å². The summed E-state index contributed by atoms with van der Waals surface area (Å²) in [6.45, 7) is 4.49. The Kier molecular flexibility index (Phi) is 6.78. The van der Waals surface area contributed by atoms with Crippen LogP contribution in [0.2, 0.25) is 5.02 Å². The molecule has 4 bridgehead atoms. The van der Waals surface area contributed by atoms with Crippen LogP contribution in [0.5, 0.6) is 0 Å². The molecule has 1 aromatic carbocycles. The average molecular weight is 525 g/mol. The molecule has 8 heteroatoms. The van der Waals surface area contributed by atoms with Crippen LogP contribution in [0.25, 0.3) is 10.9 Å². The van der Waals surface area contributed by atoms with Gasteiger partial charge in [0, 0.05) is 44.7 Å². The number of amides is 1. The number of pyridine rings is 1. The minimum atomic E-state index is -0.759. The van der Waals surface area contributed by atoms with E-state index in [1.165, 1.54) is 38.5 Å². The molecule has 37 heavy (non-hydrogen) atoms. The van der Waals surface area contributed by atoms with E-state index >= 15 is 0 Å². The van der Waals surface area contributed by atoms with Gasteiger partial charge in [0.1, 0.15) is 5.82 Å². The fourth-order valence-electron chi connectivity index (χ4n) is 8.15. The van der Waals surface area contributed by atoms with Gasteiger partial charge in [-0.3, -0.25) is 14.5 Å². The Morgan fingerprint density at radius 2 is 1.68 bits per heavy atom. The van der Waals surface area contributed by atoms with Crippen LogP contribution in [0.1, 0.15) is 61.7 Å². The van der Waals surface area contributed by atoms with E-state index < -0.39 is 5.97 Å². The molecule has 2 aromatic rings. The number of carboxylic acid groups (broad SMARTS) is 1. The smallest absolute Gasteiger partial charge is 0.304 e. The number of carbonyl (C=O) groups excluding carboxylic acids is 1. The second-order valence-corrected chi connectivity index (χ2v) is 12.5. The third kappa shape index (κ3) is 5.17. The minimum Gasteiger partial charge on any atom is -0.481 e. The van der Waals surface area contributed by atoms with E-state index in [0.29, 0.717) is 29.1 Å². The number of aromatic nitrogens is 1. The van der Waals surface area contributed by atoms with Gasteiger partial charge in [0.25, 0.3) is 5.91 Å². The van der Waals surface area contributed by atoms with Crippen molar-refractivity contribution in [3.63, 3.8) is 0 Å². The predicted molar refractivity (Wildman–Crippen MR) is 145 cm³/mol. The van der Waals surface area contributed by atoms with Crippen molar-refractivity contribution in [1.82, 2.24) is 15.2 Å². The fourth-order valence-corrected chi connectivity index (χ4v) is 8.40. The first-order valence-electron chi connectivity index (χ1n) is 13.9. The van der Waals surface area contributed by atoms with Crippen LogP contribution in [0.3, 0.4) is 0 Å². The number of nitrogens with one attached hydrogen (secondary N) is 1. The Morgan fingerprint density at radius 1 is 1.00 bits per heavy atom. The lowest BCUT2D eigenvalue weighted by atomic mass is 9.49. The number of hydrogen-bond acceptors (Lipinski definition) is 5. The highest BCUT2D eigenvalue weighted by Crippen LogP contribution is 2.61. The fraction of sp³-hybridized carbons (Fsp3) is 0.621. The van der Waals surface area contributed by atoms with Gasteiger partial charge < -0.3 is 15.3 Å². The largest absolute Gasteiger partial charge is 0.481 e. The SMILES string of the molecule is O=C(O)CCN1CCN(c2ccc3c(C(=O)NCCC45CC6CC(CC(C6)C4)C5)c(Cl)ccc3n2)CC1. The molecule has 5 fully saturated rings. The van der Waals surface area contributed by atoms with E-state index in [9.17, 15) is 9.59 Å². The summed E-state index contributed by atoms with van der Waals surface area (Å²) in [5.74, 6) is 2.76. The van der Waals surface area contributed by atoms with Gasteiger partial charge in [-0.2, -0.15) is 0 Å². The molecule has 0 atom stereocenters. The summed E-state index contributed by atoms with van der Waals surface area (Å²) in [7, 11) is 0. The number of aliphatic carboxylic acids is 1. The molecular weight excluding hydrogens is 488 g/mol. The number of carbonyl (C=O) groups is 2. The van der Waals surface area contributed by atoms with E-state index in [4.69, 9.17) is 21.7 Å². The van der Waals surface area contributed by atoms with E-state index in [1.807, 2.05) is 18.2 Å². The molecule has 4 aliphatic carbocycles. The molecule has 2 heterocycles. The van der Waals surface area contributed by atoms with E-state index in [2.05, 4.69) is 15.1 Å². The lowest BCUT2D eigenvalue weighted by Gasteiger charge is -2.57. The standard InChI is InChI=1S/C29H37ClN4O3/c30-23-2-3-24-22(1-4-25(32-24)34-11-9-33(10-12-34)8-5-26(35)36)27(23)28(37)31-7-6-29-16-19-13-20(17-29)15-21(14-19)18-29/h1-4,19-21H,5-18H2,(H,31,37)(H,35,36). The van der Waals surface area contributed by atoms with Crippen LogP contribution in [0.15, 0.2) is 24.3 Å². The molecule has 1 saturated heterocycles. The summed E-state index contributed by atoms with van der Waals surface area (Å²) in [4.78, 5) is 33.4. The Hall–Kier alpha value is -2.38. The second-order valence-electron chi connectivity index (χ2n) is 12.1. The first-order chi connectivity index (χ1) is 17.9. The Labute approximate surface area is 223 Å². The number of benzene rings is 1. The van der Waals surface area contributed by atoms with Crippen LogP contribution >= 0.6 is 11.6 Å². The number of nitrogens with zero attached hydrogens (tertiary/aromatic N) is 3. The van der Waals surface area contributed by atoms with Gasteiger partial charge in [-0.25, -0.2) is 4.98 Å². The first kappa shape index (κ1) is 24.9. The molecule has 5 aliphatic rings. The van der Waals surface area contributed by atoms with Crippen molar-refractivity contribution in [2.24, 2.45) is 23.2 Å². The van der Waals surface area contributed by atoms with Crippen molar-refractivity contribution in [3.05, 3.63) is 34.9 Å². The van der Waals surface area contributed by atoms with Crippen molar-refractivity contribution in [2.45, 2.75) is 51.4 Å². The average Bonchev–Trinajstić information content (AvgIpc) is 2.86. The minimum absolute atomic E-state index is 0.109. The molecular formula is C29H37ClN4O3. The van der Waals surface area contributed by atoms with Gasteiger partial charge in [-0.15, -0.1) is 0 Å². The molecule has 198 valence electrons. The Bertz CT molecular complexity index is 1160. The molecule has 0 unspecified atom stereocenters. The van der Waals surface area contributed by atoms with Crippen LogP contribution in [0, 0.1) is 23.2 Å². The van der Waals surface area contributed by atoms with Gasteiger partial charge in [-0.1, -0.05) is 11.6 Å². The maximum absolute atomic E-state index is 13.3. The summed E-state index contributed by atoms with van der Waals surface area (Å²) in [6, 6.07) is 7.60. The van der Waals surface area contributed by atoms with Gasteiger partial charge in [0.2, 0.25) is 0 Å². The third-order valence-electron chi connectivity index (χ3n) is 9.48. The van der Waals surface area contributed by atoms with Crippen molar-refractivity contribution < 1.29 is 14.7 Å². The highest BCUT2D eigenvalue weighted by Gasteiger charge is 2.50. The second kappa shape index (κ2) is 10.1. The number of fused-ring (bicyclic) bond motifs is 1. The molecule has 2 N–H and O–H groups in total. The predicted octanol–water partition coefficient (Wildman–Crippen LogP) is 4.82. The highest BCUT2D eigenvalue weighted by atomic mass is 35.5. The number of anilines is 1. The molecule has 1 amide bonds. The molecule has 7 nitrogen and oxygen atoms in total. The normalized spacial score (nSPS) is 29.1. The maximum Gasteiger partial charge on any atom is 0.304 e. The lowest BCUT2D eigenvalue weighted by molar-refractivity contribution is -0.137. The van der Waals surface area contributed by atoms with Crippen LogP contribution in [-0.4, -0.2) is 66.1 Å². The summed E-state index contributed by atoms with van der Waals surface area (Å²) in [5, 5.41) is 13.4. The van der Waals surface area contributed by atoms with Crippen molar-refractivity contribution in [2.75, 3.05) is 44.2 Å². The van der Waals surface area contributed by atoms with Gasteiger partial charge in [-0.05, 0) is 92.4 Å². The summed E-state index contributed by atoms with van der Waals surface area (Å²) in [5.41, 5.74) is 1.72. The molecule has 4 saturated carbocycles. The van der Waals surface area contributed by atoms with Crippen LogP contribution in [0.4, 0.5) is 5.82 Å². The molecule has 1 aliphatic heterocycles. The third-order valence-corrected chi connectivity index (χ3v) is 9.79. The van der Waals surface area contributed by atoms with E-state index in [1.54, 1.807) is 6.07 Å². The van der Waals surface area contributed by atoms with E-state index in [0.717, 1.165) is 67.1 Å². The zero-order chi connectivity index (χ0) is 25.6. The van der Waals surface area contributed by atoms with E-state index in [-0.39, 0.29) is 12.3 Å². The van der Waals surface area contributed by atoms with Crippen LogP contribution < -0.4 is 10.2 Å². The lowest BCUT2D eigenvalue weighted by Crippen LogP contribution is -2.47.